The quantitative estimate of drug-likeness (QED) is 0.823. The van der Waals surface area contributed by atoms with Crippen molar-refractivity contribution in [3.8, 4) is 0 Å². The van der Waals surface area contributed by atoms with Crippen molar-refractivity contribution in [2.24, 2.45) is 0 Å². The van der Waals surface area contributed by atoms with Crippen molar-refractivity contribution in [1.82, 2.24) is 19.9 Å². The minimum absolute atomic E-state index is 0.0104. The predicted molar refractivity (Wildman–Crippen MR) is 73.9 cm³/mol. The monoisotopic (exact) mass is 274 g/mol. The number of hydrogen-bond acceptors (Lipinski definition) is 4. The average Bonchev–Trinajstić information content (AvgIpc) is 2.99. The number of carbonyl (C=O) groups is 1. The maximum absolute atomic E-state index is 12.1. The van der Waals surface area contributed by atoms with Gasteiger partial charge in [0.1, 0.15) is 5.69 Å². The third kappa shape index (κ3) is 3.64. The molecule has 1 atom stereocenters. The van der Waals surface area contributed by atoms with Gasteiger partial charge in [-0.2, -0.15) is 0 Å². The molecular formula is C14H18N4O2. The summed E-state index contributed by atoms with van der Waals surface area (Å²) in [6, 6.07) is 3.29. The summed E-state index contributed by atoms with van der Waals surface area (Å²) in [5.41, 5.74) is 0.994. The van der Waals surface area contributed by atoms with Crippen LogP contribution in [0.4, 0.5) is 0 Å². The first-order valence-electron chi connectivity index (χ1n) is 6.55. The SMILES string of the molecule is CC[C@@H](Cn1ccnc1)NC(=O)c1cc(CO)ccn1. The van der Waals surface area contributed by atoms with Gasteiger partial charge in [0.15, 0.2) is 0 Å². The van der Waals surface area contributed by atoms with Crippen molar-refractivity contribution in [1.29, 1.82) is 0 Å². The van der Waals surface area contributed by atoms with Crippen molar-refractivity contribution in [2.45, 2.75) is 32.5 Å². The van der Waals surface area contributed by atoms with Crippen LogP contribution in [0.5, 0.6) is 0 Å². The Labute approximate surface area is 117 Å². The van der Waals surface area contributed by atoms with Gasteiger partial charge in [-0.25, -0.2) is 4.98 Å². The predicted octanol–water partition coefficient (Wildman–Crippen LogP) is 0.979. The molecule has 2 N–H and O–H groups in total. The molecule has 2 rings (SSSR count). The maximum atomic E-state index is 12.1. The van der Waals surface area contributed by atoms with Crippen molar-refractivity contribution in [3.63, 3.8) is 0 Å². The lowest BCUT2D eigenvalue weighted by atomic mass is 10.2. The Balaban J connectivity index is 2.01. The summed E-state index contributed by atoms with van der Waals surface area (Å²) in [5, 5.41) is 12.0. The summed E-state index contributed by atoms with van der Waals surface area (Å²) in [7, 11) is 0. The molecule has 1 amide bonds. The lowest BCUT2D eigenvalue weighted by molar-refractivity contribution is 0.0926. The smallest absolute Gasteiger partial charge is 0.270 e. The van der Waals surface area contributed by atoms with E-state index in [9.17, 15) is 4.79 Å². The first-order chi connectivity index (χ1) is 9.72. The molecule has 0 fully saturated rings. The number of imidazole rings is 1. The summed E-state index contributed by atoms with van der Waals surface area (Å²) in [4.78, 5) is 20.1. The number of aliphatic hydroxyl groups excluding tert-OH is 1. The fourth-order valence-corrected chi connectivity index (χ4v) is 1.88. The first kappa shape index (κ1) is 14.2. The highest BCUT2D eigenvalue weighted by Crippen LogP contribution is 2.04. The number of aromatic nitrogens is 3. The highest BCUT2D eigenvalue weighted by Gasteiger charge is 2.14. The summed E-state index contributed by atoms with van der Waals surface area (Å²) in [6.07, 6.45) is 7.63. The van der Waals surface area contributed by atoms with Crippen LogP contribution in [0.3, 0.4) is 0 Å². The van der Waals surface area contributed by atoms with Crippen LogP contribution >= 0.6 is 0 Å². The van der Waals surface area contributed by atoms with Gasteiger partial charge in [-0.15, -0.1) is 0 Å². The van der Waals surface area contributed by atoms with E-state index in [0.717, 1.165) is 6.42 Å². The van der Waals surface area contributed by atoms with E-state index in [1.165, 1.54) is 6.20 Å². The second-order valence-electron chi connectivity index (χ2n) is 4.55. The van der Waals surface area contributed by atoms with E-state index in [4.69, 9.17) is 5.11 Å². The second kappa shape index (κ2) is 6.81. The van der Waals surface area contributed by atoms with E-state index in [0.29, 0.717) is 17.8 Å². The average molecular weight is 274 g/mol. The summed E-state index contributed by atoms with van der Waals surface area (Å²) >= 11 is 0. The molecule has 20 heavy (non-hydrogen) atoms. The molecule has 2 aromatic heterocycles. The van der Waals surface area contributed by atoms with E-state index < -0.39 is 0 Å². The second-order valence-corrected chi connectivity index (χ2v) is 4.55. The number of nitrogens with zero attached hydrogens (tertiary/aromatic N) is 3. The number of carbonyl (C=O) groups excluding carboxylic acids is 1. The minimum atomic E-state index is -0.229. The van der Waals surface area contributed by atoms with Gasteiger partial charge in [-0.3, -0.25) is 9.78 Å². The van der Waals surface area contributed by atoms with E-state index in [-0.39, 0.29) is 18.6 Å². The Hall–Kier alpha value is -2.21. The highest BCUT2D eigenvalue weighted by atomic mass is 16.3. The van der Waals surface area contributed by atoms with Crippen LogP contribution in [0.25, 0.3) is 0 Å². The number of amides is 1. The number of pyridine rings is 1. The molecule has 0 aliphatic carbocycles. The summed E-state index contributed by atoms with van der Waals surface area (Å²) in [6.45, 7) is 2.58. The molecule has 6 heteroatoms. The molecule has 0 unspecified atom stereocenters. The van der Waals surface area contributed by atoms with Gasteiger partial charge < -0.3 is 15.0 Å². The normalized spacial score (nSPS) is 12.1. The molecule has 0 radical (unpaired) electrons. The van der Waals surface area contributed by atoms with E-state index >= 15 is 0 Å². The summed E-state index contributed by atoms with van der Waals surface area (Å²) < 4.78 is 1.92. The van der Waals surface area contributed by atoms with Crippen LogP contribution in [-0.4, -0.2) is 31.6 Å². The van der Waals surface area contributed by atoms with Gasteiger partial charge in [-0.1, -0.05) is 6.92 Å². The van der Waals surface area contributed by atoms with Gasteiger partial charge in [0, 0.05) is 31.2 Å². The maximum Gasteiger partial charge on any atom is 0.270 e. The number of hydrogen-bond donors (Lipinski definition) is 2. The fourth-order valence-electron chi connectivity index (χ4n) is 1.88. The van der Waals surface area contributed by atoms with Crippen LogP contribution in [0, 0.1) is 0 Å². The molecule has 0 bridgehead atoms. The number of rotatable bonds is 6. The van der Waals surface area contributed by atoms with Crippen LogP contribution in [0.15, 0.2) is 37.1 Å². The molecule has 2 heterocycles. The zero-order chi connectivity index (χ0) is 14.4. The number of aliphatic hydroxyl groups is 1. The molecular weight excluding hydrogens is 256 g/mol. The topological polar surface area (TPSA) is 80.0 Å². The van der Waals surface area contributed by atoms with E-state index in [1.54, 1.807) is 24.7 Å². The molecule has 106 valence electrons. The van der Waals surface area contributed by atoms with E-state index in [1.807, 2.05) is 17.7 Å². The van der Waals surface area contributed by atoms with Gasteiger partial charge in [0.05, 0.1) is 12.9 Å². The zero-order valence-corrected chi connectivity index (χ0v) is 11.4. The molecule has 0 aliphatic heterocycles. The third-order valence-electron chi connectivity index (χ3n) is 3.06. The van der Waals surface area contributed by atoms with Crippen molar-refractivity contribution >= 4 is 5.91 Å². The van der Waals surface area contributed by atoms with Crippen molar-refractivity contribution in [2.75, 3.05) is 0 Å². The molecule has 0 aliphatic rings. The lowest BCUT2D eigenvalue weighted by Crippen LogP contribution is -2.37. The lowest BCUT2D eigenvalue weighted by Gasteiger charge is -2.17. The Morgan fingerprint density at radius 3 is 3.00 bits per heavy atom. The Morgan fingerprint density at radius 1 is 1.50 bits per heavy atom. The van der Waals surface area contributed by atoms with Crippen LogP contribution in [0.1, 0.15) is 29.4 Å². The minimum Gasteiger partial charge on any atom is -0.392 e. The molecule has 0 spiro atoms. The van der Waals surface area contributed by atoms with Gasteiger partial charge >= 0.3 is 0 Å². The molecule has 0 saturated carbocycles. The Morgan fingerprint density at radius 2 is 2.35 bits per heavy atom. The first-order valence-corrected chi connectivity index (χ1v) is 6.55. The Kier molecular flexibility index (Phi) is 4.84. The summed E-state index contributed by atoms with van der Waals surface area (Å²) in [5.74, 6) is -0.229. The van der Waals surface area contributed by atoms with Gasteiger partial charge in [-0.05, 0) is 24.1 Å². The van der Waals surface area contributed by atoms with E-state index in [2.05, 4.69) is 15.3 Å². The largest absolute Gasteiger partial charge is 0.392 e. The standard InChI is InChI=1S/C14H18N4O2/c1-2-12(8-18-6-5-15-10-18)17-14(20)13-7-11(9-19)3-4-16-13/h3-7,10,12,19H,2,8-9H2,1H3,(H,17,20)/t12-/m0/s1. The molecule has 6 nitrogen and oxygen atoms in total. The highest BCUT2D eigenvalue weighted by molar-refractivity contribution is 5.92. The van der Waals surface area contributed by atoms with Crippen molar-refractivity contribution < 1.29 is 9.90 Å². The Bertz CT molecular complexity index is 554. The van der Waals surface area contributed by atoms with Crippen LogP contribution in [-0.2, 0) is 13.2 Å². The zero-order valence-electron chi connectivity index (χ0n) is 11.4. The van der Waals surface area contributed by atoms with Gasteiger partial charge in [0.25, 0.3) is 5.91 Å². The van der Waals surface area contributed by atoms with Gasteiger partial charge in [0.2, 0.25) is 0 Å². The van der Waals surface area contributed by atoms with Crippen LogP contribution in [0.2, 0.25) is 0 Å². The van der Waals surface area contributed by atoms with Crippen LogP contribution < -0.4 is 5.32 Å². The number of nitrogens with one attached hydrogen (secondary N) is 1. The molecule has 0 saturated heterocycles. The molecule has 0 aromatic carbocycles. The van der Waals surface area contributed by atoms with Crippen molar-refractivity contribution in [3.05, 3.63) is 48.3 Å². The molecule has 2 aromatic rings. The third-order valence-corrected chi connectivity index (χ3v) is 3.06. The fraction of sp³-hybridized carbons (Fsp3) is 0.357.